The summed E-state index contributed by atoms with van der Waals surface area (Å²) in [5.41, 5.74) is 3.47. The predicted octanol–water partition coefficient (Wildman–Crippen LogP) is 4.79. The molecule has 0 saturated carbocycles. The van der Waals surface area contributed by atoms with Crippen LogP contribution in [0.5, 0.6) is 0 Å². The summed E-state index contributed by atoms with van der Waals surface area (Å²) in [5.74, 6) is 0.578. The minimum absolute atomic E-state index is 0.105. The van der Waals surface area contributed by atoms with Crippen molar-refractivity contribution in [3.63, 3.8) is 0 Å². The topological polar surface area (TPSA) is 55.1 Å². The molecule has 0 spiro atoms. The van der Waals surface area contributed by atoms with Crippen molar-refractivity contribution in [1.29, 1.82) is 0 Å². The average Bonchev–Trinajstić information content (AvgIpc) is 3.29. The molecule has 1 amide bonds. The van der Waals surface area contributed by atoms with E-state index in [0.29, 0.717) is 17.9 Å². The third kappa shape index (κ3) is 3.19. The van der Waals surface area contributed by atoms with E-state index in [1.807, 2.05) is 60.8 Å². The molecule has 4 rings (SSSR count). The van der Waals surface area contributed by atoms with Crippen LogP contribution in [0, 0.1) is 6.92 Å². The summed E-state index contributed by atoms with van der Waals surface area (Å²) in [5, 5.41) is 9.88. The van der Waals surface area contributed by atoms with Gasteiger partial charge in [-0.15, -0.1) is 11.3 Å². The highest BCUT2D eigenvalue weighted by Gasteiger charge is 2.14. The Hall–Kier alpha value is -2.92. The molecule has 0 aliphatic carbocycles. The highest BCUT2D eigenvalue weighted by atomic mass is 32.1. The molecule has 1 N–H and O–H groups in total. The summed E-state index contributed by atoms with van der Waals surface area (Å²) < 4.78 is 5.51. The average molecular weight is 348 g/mol. The van der Waals surface area contributed by atoms with Crippen LogP contribution in [0.3, 0.4) is 0 Å². The van der Waals surface area contributed by atoms with E-state index in [4.69, 9.17) is 4.52 Å². The van der Waals surface area contributed by atoms with Gasteiger partial charge in [-0.25, -0.2) is 0 Å². The fraction of sp³-hybridized carbons (Fsp3) is 0.100. The molecule has 0 aliphatic heterocycles. The number of fused-ring (bicyclic) bond motifs is 1. The van der Waals surface area contributed by atoms with Gasteiger partial charge in [0.15, 0.2) is 5.76 Å². The van der Waals surface area contributed by atoms with Crippen LogP contribution in [0.15, 0.2) is 64.5 Å². The largest absolute Gasteiger partial charge is 0.355 e. The molecule has 0 unspecified atom stereocenters. The van der Waals surface area contributed by atoms with Crippen molar-refractivity contribution in [3.05, 3.63) is 76.0 Å². The van der Waals surface area contributed by atoms with Crippen molar-refractivity contribution in [1.82, 2.24) is 10.5 Å². The maximum absolute atomic E-state index is 12.4. The second kappa shape index (κ2) is 6.53. The van der Waals surface area contributed by atoms with E-state index < -0.39 is 0 Å². The van der Waals surface area contributed by atoms with Crippen molar-refractivity contribution < 1.29 is 9.32 Å². The number of carbonyl (C=O) groups is 1. The number of amides is 1. The molecule has 2 aromatic heterocycles. The van der Waals surface area contributed by atoms with Gasteiger partial charge in [-0.3, -0.25) is 4.79 Å². The van der Waals surface area contributed by atoms with Crippen molar-refractivity contribution in [2.45, 2.75) is 13.5 Å². The molecule has 0 bridgehead atoms. The molecule has 124 valence electrons. The fourth-order valence-electron chi connectivity index (χ4n) is 2.68. The van der Waals surface area contributed by atoms with Crippen molar-refractivity contribution in [3.8, 4) is 11.3 Å². The van der Waals surface area contributed by atoms with Crippen LogP contribution < -0.4 is 5.32 Å². The Balaban J connectivity index is 1.63. The summed E-state index contributed by atoms with van der Waals surface area (Å²) in [7, 11) is 0. The normalized spacial score (nSPS) is 10.9. The van der Waals surface area contributed by atoms with Gasteiger partial charge >= 0.3 is 0 Å². The molecule has 0 fully saturated rings. The van der Waals surface area contributed by atoms with Gasteiger partial charge in [0.05, 0.1) is 11.9 Å². The molecule has 0 atom stereocenters. The van der Waals surface area contributed by atoms with E-state index in [-0.39, 0.29) is 5.91 Å². The number of aromatic nitrogens is 1. The molecule has 0 aliphatic rings. The van der Waals surface area contributed by atoms with Gasteiger partial charge in [0, 0.05) is 16.0 Å². The van der Waals surface area contributed by atoms with E-state index in [1.165, 1.54) is 5.56 Å². The molecule has 2 heterocycles. The zero-order valence-electron chi connectivity index (χ0n) is 13.7. The lowest BCUT2D eigenvalue weighted by molar-refractivity contribution is 0.0951. The van der Waals surface area contributed by atoms with Gasteiger partial charge in [0.1, 0.15) is 5.52 Å². The fourth-order valence-corrected chi connectivity index (χ4v) is 3.32. The zero-order chi connectivity index (χ0) is 17.2. The molecular formula is C20H16N2O2S. The first kappa shape index (κ1) is 15.6. The molecule has 0 radical (unpaired) electrons. The van der Waals surface area contributed by atoms with Crippen LogP contribution >= 0.6 is 11.3 Å². The summed E-state index contributed by atoms with van der Waals surface area (Å²) in [6.07, 6.45) is 0. The smallest absolute Gasteiger partial charge is 0.251 e. The van der Waals surface area contributed by atoms with Crippen LogP contribution in [0.25, 0.3) is 22.2 Å². The van der Waals surface area contributed by atoms with Gasteiger partial charge in [-0.2, -0.15) is 0 Å². The lowest BCUT2D eigenvalue weighted by Crippen LogP contribution is -2.22. The van der Waals surface area contributed by atoms with E-state index in [9.17, 15) is 4.79 Å². The molecular weight excluding hydrogens is 332 g/mol. The van der Waals surface area contributed by atoms with E-state index in [1.54, 1.807) is 17.4 Å². The minimum Gasteiger partial charge on any atom is -0.355 e. The third-order valence-corrected chi connectivity index (χ3v) is 4.93. The summed E-state index contributed by atoms with van der Waals surface area (Å²) in [4.78, 5) is 13.6. The summed E-state index contributed by atoms with van der Waals surface area (Å²) in [6.45, 7) is 2.57. The number of rotatable bonds is 4. The number of hydrogen-bond donors (Lipinski definition) is 1. The van der Waals surface area contributed by atoms with Crippen LogP contribution in [0.1, 0.15) is 20.8 Å². The number of nitrogens with zero attached hydrogens (tertiary/aromatic N) is 1. The summed E-state index contributed by atoms with van der Waals surface area (Å²) in [6, 6.07) is 17.5. The van der Waals surface area contributed by atoms with Crippen molar-refractivity contribution in [2.24, 2.45) is 0 Å². The minimum atomic E-state index is -0.105. The summed E-state index contributed by atoms with van der Waals surface area (Å²) >= 11 is 1.63. The van der Waals surface area contributed by atoms with E-state index in [2.05, 4.69) is 10.5 Å². The van der Waals surface area contributed by atoms with Gasteiger partial charge in [0.25, 0.3) is 5.91 Å². The first-order valence-electron chi connectivity index (χ1n) is 7.98. The standard InChI is InChI=1S/C20H16N2O2S/c1-13-4-6-14(7-5-13)19-17-11-15(8-9-18(17)22-24-19)20(23)21-12-16-3-2-10-25-16/h2-11H,12H2,1H3,(H,21,23). The highest BCUT2D eigenvalue weighted by Crippen LogP contribution is 2.29. The number of benzene rings is 2. The predicted molar refractivity (Wildman–Crippen MR) is 99.7 cm³/mol. The second-order valence-electron chi connectivity index (χ2n) is 5.87. The van der Waals surface area contributed by atoms with Crippen molar-refractivity contribution in [2.75, 3.05) is 0 Å². The van der Waals surface area contributed by atoms with Gasteiger partial charge in [0.2, 0.25) is 0 Å². The number of carbonyl (C=O) groups excluding carboxylic acids is 1. The third-order valence-electron chi connectivity index (χ3n) is 4.06. The van der Waals surface area contributed by atoms with Crippen LogP contribution in [-0.4, -0.2) is 11.1 Å². The zero-order valence-corrected chi connectivity index (χ0v) is 14.5. The number of nitrogens with one attached hydrogen (secondary N) is 1. The molecule has 2 aromatic carbocycles. The molecule has 25 heavy (non-hydrogen) atoms. The Morgan fingerprint density at radius 2 is 2.00 bits per heavy atom. The lowest BCUT2D eigenvalue weighted by atomic mass is 10.0. The number of thiophene rings is 1. The van der Waals surface area contributed by atoms with Gasteiger partial charge in [-0.1, -0.05) is 41.1 Å². The maximum atomic E-state index is 12.4. The quantitative estimate of drug-likeness (QED) is 0.577. The van der Waals surface area contributed by atoms with Crippen LogP contribution in [0.2, 0.25) is 0 Å². The van der Waals surface area contributed by atoms with Crippen LogP contribution in [0.4, 0.5) is 0 Å². The van der Waals surface area contributed by atoms with E-state index >= 15 is 0 Å². The lowest BCUT2D eigenvalue weighted by Gasteiger charge is -2.04. The monoisotopic (exact) mass is 348 g/mol. The molecule has 4 aromatic rings. The van der Waals surface area contributed by atoms with Crippen LogP contribution in [-0.2, 0) is 6.54 Å². The second-order valence-corrected chi connectivity index (χ2v) is 6.90. The first-order chi connectivity index (χ1) is 12.2. The Bertz CT molecular complexity index is 1020. The number of hydrogen-bond acceptors (Lipinski definition) is 4. The Kier molecular flexibility index (Phi) is 4.07. The van der Waals surface area contributed by atoms with Gasteiger partial charge < -0.3 is 9.84 Å². The Labute approximate surface area is 149 Å². The molecule has 4 nitrogen and oxygen atoms in total. The first-order valence-corrected chi connectivity index (χ1v) is 8.86. The molecule has 5 heteroatoms. The maximum Gasteiger partial charge on any atom is 0.251 e. The highest BCUT2D eigenvalue weighted by molar-refractivity contribution is 7.09. The Morgan fingerprint density at radius 1 is 1.16 bits per heavy atom. The number of aryl methyl sites for hydroxylation is 1. The van der Waals surface area contributed by atoms with E-state index in [0.717, 1.165) is 21.3 Å². The van der Waals surface area contributed by atoms with Gasteiger partial charge in [-0.05, 0) is 36.6 Å². The SMILES string of the molecule is Cc1ccc(-c2onc3ccc(C(=O)NCc4cccs4)cc23)cc1. The molecule has 0 saturated heterocycles. The van der Waals surface area contributed by atoms with Crippen molar-refractivity contribution >= 4 is 28.1 Å². The Morgan fingerprint density at radius 3 is 2.76 bits per heavy atom.